The quantitative estimate of drug-likeness (QED) is 0.126. The number of nitro groups is 1. The third-order valence-corrected chi connectivity index (χ3v) is 5.74. The number of H-pyrrole nitrogens is 1. The third kappa shape index (κ3) is 6.76. The van der Waals surface area contributed by atoms with E-state index in [1.165, 1.54) is 32.5 Å². The standard InChI is InChI=1S/C24H27N3O11/c1-35-18-8-15(16(27(33)34)9-19(18)36-2)13-37-22(30)7-5-3-4-6-14-11-26(24(32)25-23(14)31)21-10-17(29)20(12-28)38-21/h8-9,11,17,20-21,28-29H,3,5,7,10,12-13H2,1-2H3,(H,25,31,32)/t17-,20+,21+/m0/s1. The van der Waals surface area contributed by atoms with Gasteiger partial charge in [0.2, 0.25) is 0 Å². The number of aromatic nitrogens is 2. The molecule has 1 aliphatic rings. The number of nitro benzene ring substituents is 1. The first-order valence-electron chi connectivity index (χ1n) is 11.5. The van der Waals surface area contributed by atoms with Gasteiger partial charge in [0.25, 0.3) is 11.2 Å². The van der Waals surface area contributed by atoms with E-state index in [-0.39, 0.29) is 60.6 Å². The van der Waals surface area contributed by atoms with Crippen LogP contribution in [0, 0.1) is 22.0 Å². The number of nitrogens with one attached hydrogen (secondary N) is 1. The van der Waals surface area contributed by atoms with Crippen molar-refractivity contribution in [3.05, 3.63) is 60.4 Å². The van der Waals surface area contributed by atoms with E-state index in [1.807, 2.05) is 0 Å². The lowest BCUT2D eigenvalue weighted by Crippen LogP contribution is -2.33. The van der Waals surface area contributed by atoms with Crippen LogP contribution in [-0.4, -0.2) is 63.7 Å². The van der Waals surface area contributed by atoms with Gasteiger partial charge < -0.3 is 29.2 Å². The lowest BCUT2D eigenvalue weighted by atomic mass is 10.1. The first-order valence-corrected chi connectivity index (χ1v) is 11.5. The Bertz CT molecular complexity index is 1360. The van der Waals surface area contributed by atoms with Crippen molar-refractivity contribution in [1.29, 1.82) is 0 Å². The highest BCUT2D eigenvalue weighted by atomic mass is 16.6. The number of carbonyl (C=O) groups excluding carboxylic acids is 1. The molecule has 2 heterocycles. The molecule has 1 aliphatic heterocycles. The number of hydrogen-bond acceptors (Lipinski definition) is 11. The molecule has 0 amide bonds. The zero-order chi connectivity index (χ0) is 27.8. The minimum Gasteiger partial charge on any atom is -0.493 e. The van der Waals surface area contributed by atoms with Gasteiger partial charge in [0.05, 0.1) is 43.5 Å². The first-order chi connectivity index (χ1) is 18.2. The maximum absolute atomic E-state index is 12.2. The summed E-state index contributed by atoms with van der Waals surface area (Å²) in [4.78, 5) is 49.3. The van der Waals surface area contributed by atoms with Gasteiger partial charge in [0.15, 0.2) is 11.5 Å². The van der Waals surface area contributed by atoms with Crippen molar-refractivity contribution in [2.75, 3.05) is 20.8 Å². The highest BCUT2D eigenvalue weighted by molar-refractivity contribution is 5.69. The van der Waals surface area contributed by atoms with Crippen LogP contribution in [0.5, 0.6) is 11.5 Å². The summed E-state index contributed by atoms with van der Waals surface area (Å²) < 4.78 is 21.9. The average molecular weight is 533 g/mol. The van der Waals surface area contributed by atoms with E-state index in [1.54, 1.807) is 0 Å². The van der Waals surface area contributed by atoms with Gasteiger partial charge in [-0.05, 0) is 12.5 Å². The first kappa shape index (κ1) is 28.4. The summed E-state index contributed by atoms with van der Waals surface area (Å²) in [5.74, 6) is 5.21. The maximum atomic E-state index is 12.2. The van der Waals surface area contributed by atoms with Gasteiger partial charge in [-0.3, -0.25) is 29.3 Å². The molecule has 204 valence electrons. The van der Waals surface area contributed by atoms with E-state index in [0.717, 1.165) is 4.57 Å². The van der Waals surface area contributed by atoms with Gasteiger partial charge in [0.1, 0.15) is 24.5 Å². The van der Waals surface area contributed by atoms with E-state index in [9.17, 15) is 34.7 Å². The third-order valence-electron chi connectivity index (χ3n) is 5.74. The van der Waals surface area contributed by atoms with Crippen molar-refractivity contribution in [2.24, 2.45) is 0 Å². The van der Waals surface area contributed by atoms with Crippen LogP contribution in [0.25, 0.3) is 0 Å². The molecule has 3 N–H and O–H groups in total. The fraction of sp³-hybridized carbons (Fsp3) is 0.458. The number of carbonyl (C=O) groups is 1. The van der Waals surface area contributed by atoms with Crippen LogP contribution < -0.4 is 20.7 Å². The smallest absolute Gasteiger partial charge is 0.330 e. The highest BCUT2D eigenvalue weighted by Gasteiger charge is 2.35. The molecule has 0 bridgehead atoms. The fourth-order valence-corrected chi connectivity index (χ4v) is 3.74. The van der Waals surface area contributed by atoms with Crippen LogP contribution in [0.15, 0.2) is 27.9 Å². The summed E-state index contributed by atoms with van der Waals surface area (Å²) in [5.41, 5.74) is -1.60. The van der Waals surface area contributed by atoms with Crippen molar-refractivity contribution >= 4 is 11.7 Å². The molecule has 14 heteroatoms. The maximum Gasteiger partial charge on any atom is 0.330 e. The van der Waals surface area contributed by atoms with Crippen molar-refractivity contribution in [3.8, 4) is 23.3 Å². The Balaban J connectivity index is 1.56. The minimum absolute atomic E-state index is 0.0153. The predicted molar refractivity (Wildman–Crippen MR) is 130 cm³/mol. The van der Waals surface area contributed by atoms with Crippen molar-refractivity contribution in [1.82, 2.24) is 9.55 Å². The van der Waals surface area contributed by atoms with Crippen molar-refractivity contribution < 1.29 is 38.9 Å². The number of benzene rings is 1. The summed E-state index contributed by atoms with van der Waals surface area (Å²) in [6, 6.07) is 2.56. The van der Waals surface area contributed by atoms with E-state index < -0.39 is 47.2 Å². The summed E-state index contributed by atoms with van der Waals surface area (Å²) >= 11 is 0. The van der Waals surface area contributed by atoms with Gasteiger partial charge in [0, 0.05) is 25.5 Å². The monoisotopic (exact) mass is 533 g/mol. The Hall–Kier alpha value is -4.19. The van der Waals surface area contributed by atoms with Crippen LogP contribution >= 0.6 is 0 Å². The molecule has 3 atom stereocenters. The number of aromatic amines is 1. The minimum atomic E-state index is -0.962. The van der Waals surface area contributed by atoms with E-state index in [2.05, 4.69) is 16.8 Å². The summed E-state index contributed by atoms with van der Waals surface area (Å²) in [6.07, 6.45) is -0.927. The number of hydrogen-bond donors (Lipinski definition) is 3. The molecule has 0 unspecified atom stereocenters. The molecular formula is C24H27N3O11. The van der Waals surface area contributed by atoms with Crippen LogP contribution in [0.3, 0.4) is 0 Å². The lowest BCUT2D eigenvalue weighted by molar-refractivity contribution is -0.385. The number of methoxy groups -OCH3 is 2. The molecule has 1 aromatic heterocycles. The largest absolute Gasteiger partial charge is 0.493 e. The van der Waals surface area contributed by atoms with Crippen molar-refractivity contribution in [2.45, 2.75) is 50.7 Å². The van der Waals surface area contributed by atoms with E-state index in [4.69, 9.17) is 18.9 Å². The van der Waals surface area contributed by atoms with Gasteiger partial charge in [-0.25, -0.2) is 4.79 Å². The zero-order valence-electron chi connectivity index (χ0n) is 20.7. The van der Waals surface area contributed by atoms with Gasteiger partial charge >= 0.3 is 11.7 Å². The number of ether oxygens (including phenoxy) is 4. The number of nitrogens with zero attached hydrogens (tertiary/aromatic N) is 2. The zero-order valence-corrected chi connectivity index (χ0v) is 20.7. The van der Waals surface area contributed by atoms with Crippen molar-refractivity contribution in [3.63, 3.8) is 0 Å². The number of aliphatic hydroxyl groups excluding tert-OH is 2. The van der Waals surface area contributed by atoms with Gasteiger partial charge in [-0.2, -0.15) is 0 Å². The Morgan fingerprint density at radius 3 is 2.63 bits per heavy atom. The summed E-state index contributed by atoms with van der Waals surface area (Å²) in [6.45, 7) is -0.761. The number of rotatable bonds is 10. The number of unbranched alkanes of at least 4 members (excludes halogenated alkanes) is 1. The molecule has 0 radical (unpaired) electrons. The Morgan fingerprint density at radius 2 is 2.00 bits per heavy atom. The average Bonchev–Trinajstić information content (AvgIpc) is 3.27. The molecular weight excluding hydrogens is 506 g/mol. The van der Waals surface area contributed by atoms with Crippen LogP contribution in [-0.2, 0) is 20.9 Å². The lowest BCUT2D eigenvalue weighted by Gasteiger charge is -2.14. The van der Waals surface area contributed by atoms with Crippen LogP contribution in [0.1, 0.15) is 43.0 Å². The molecule has 1 fully saturated rings. The molecule has 14 nitrogen and oxygen atoms in total. The van der Waals surface area contributed by atoms with Gasteiger partial charge in [-0.1, -0.05) is 11.8 Å². The number of esters is 1. The van der Waals surface area contributed by atoms with E-state index >= 15 is 0 Å². The van der Waals surface area contributed by atoms with E-state index in [0.29, 0.717) is 0 Å². The molecule has 0 spiro atoms. The van der Waals surface area contributed by atoms with Crippen LogP contribution in [0.2, 0.25) is 0 Å². The summed E-state index contributed by atoms with van der Waals surface area (Å²) in [5, 5.41) is 30.5. The normalized spacial score (nSPS) is 18.4. The summed E-state index contributed by atoms with van der Waals surface area (Å²) in [7, 11) is 2.72. The molecule has 1 aromatic carbocycles. The molecule has 2 aromatic rings. The second-order valence-corrected chi connectivity index (χ2v) is 8.23. The Labute approximate surface area is 215 Å². The molecule has 0 aliphatic carbocycles. The molecule has 1 saturated heterocycles. The highest BCUT2D eigenvalue weighted by Crippen LogP contribution is 2.35. The molecule has 3 rings (SSSR count). The van der Waals surface area contributed by atoms with Gasteiger partial charge in [-0.15, -0.1) is 0 Å². The number of aliphatic hydroxyl groups is 2. The predicted octanol–water partition coefficient (Wildman–Crippen LogP) is 0.368. The SMILES string of the molecule is COc1cc(COC(=O)CCCC#Cc2cn([C@H]3C[C@H](O)[C@@H](CO)O3)c(=O)[nH]c2=O)c([N+](=O)[O-])cc1OC. The van der Waals surface area contributed by atoms with Crippen LogP contribution in [0.4, 0.5) is 5.69 Å². The molecule has 0 saturated carbocycles. The fourth-order valence-electron chi connectivity index (χ4n) is 3.74. The topological polar surface area (TPSA) is 192 Å². The second-order valence-electron chi connectivity index (χ2n) is 8.23. The Kier molecular flexibility index (Phi) is 9.61. The second kappa shape index (κ2) is 12.9. The molecule has 38 heavy (non-hydrogen) atoms. The Morgan fingerprint density at radius 1 is 1.29 bits per heavy atom.